The van der Waals surface area contributed by atoms with Gasteiger partial charge < -0.3 is 5.32 Å². The molecule has 2 rings (SSSR count). The molecule has 0 atom stereocenters. The van der Waals surface area contributed by atoms with E-state index in [1.165, 1.54) is 33.4 Å². The number of allylic oxidation sites excluding steroid dienone is 4. The Hall–Kier alpha value is -2.87. The van der Waals surface area contributed by atoms with Gasteiger partial charge in [0.25, 0.3) is 0 Å². The molecule has 2 aromatic carbocycles. The van der Waals surface area contributed by atoms with Gasteiger partial charge in [0.05, 0.1) is 6.54 Å². The van der Waals surface area contributed by atoms with Gasteiger partial charge in [-0.1, -0.05) is 77.4 Å². The molecule has 0 heterocycles. The summed E-state index contributed by atoms with van der Waals surface area (Å²) in [6, 6.07) is 15.1. The number of aliphatic imine (C=N–C) groups is 1. The van der Waals surface area contributed by atoms with Crippen LogP contribution >= 0.6 is 0 Å². The zero-order valence-corrected chi connectivity index (χ0v) is 17.8. The van der Waals surface area contributed by atoms with Gasteiger partial charge in [0.15, 0.2) is 0 Å². The minimum Gasteiger partial charge on any atom is -0.394 e. The molecule has 146 valence electrons. The first-order chi connectivity index (χ1) is 13.5. The van der Waals surface area contributed by atoms with Crippen molar-refractivity contribution in [1.82, 2.24) is 5.32 Å². The number of hydrogen-bond acceptors (Lipinski definition) is 2. The molecule has 0 amide bonds. The molecule has 0 fully saturated rings. The van der Waals surface area contributed by atoms with Crippen molar-refractivity contribution >= 4 is 11.8 Å². The average Bonchev–Trinajstić information content (AvgIpc) is 2.67. The number of hydrogen-bond donors (Lipinski definition) is 1. The van der Waals surface area contributed by atoms with Crippen LogP contribution in [0.15, 0.2) is 77.5 Å². The summed E-state index contributed by atoms with van der Waals surface area (Å²) < 4.78 is 0. The first kappa shape index (κ1) is 21.4. The van der Waals surface area contributed by atoms with Crippen molar-refractivity contribution in [2.75, 3.05) is 7.05 Å². The Balaban J connectivity index is 2.17. The first-order valence-electron chi connectivity index (χ1n) is 9.83. The zero-order chi connectivity index (χ0) is 20.4. The van der Waals surface area contributed by atoms with Crippen LogP contribution in [0.25, 0.3) is 6.08 Å². The smallest absolute Gasteiger partial charge is 0.0648 e. The summed E-state index contributed by atoms with van der Waals surface area (Å²) in [4.78, 5) is 4.86. The largest absolute Gasteiger partial charge is 0.394 e. The van der Waals surface area contributed by atoms with Gasteiger partial charge in [-0.2, -0.15) is 0 Å². The second kappa shape index (κ2) is 11.1. The lowest BCUT2D eigenvalue weighted by molar-refractivity contribution is 1.05. The number of aryl methyl sites for hydroxylation is 2. The lowest BCUT2D eigenvalue weighted by Gasteiger charge is -2.08. The van der Waals surface area contributed by atoms with Gasteiger partial charge in [0, 0.05) is 12.8 Å². The topological polar surface area (TPSA) is 24.4 Å². The predicted molar refractivity (Wildman–Crippen MR) is 124 cm³/mol. The normalized spacial score (nSPS) is 12.9. The lowest BCUT2D eigenvalue weighted by atomic mass is 10.0. The molecular formula is C26H32N2. The van der Waals surface area contributed by atoms with Crippen LogP contribution in [0, 0.1) is 13.8 Å². The van der Waals surface area contributed by atoms with Crippen molar-refractivity contribution in [3.05, 3.63) is 100 Å². The van der Waals surface area contributed by atoms with Crippen molar-refractivity contribution in [3.8, 4) is 0 Å². The first-order valence-corrected chi connectivity index (χ1v) is 9.83. The van der Waals surface area contributed by atoms with Crippen LogP contribution in [0.4, 0.5) is 0 Å². The summed E-state index contributed by atoms with van der Waals surface area (Å²) in [5, 5.41) is 2.99. The summed E-state index contributed by atoms with van der Waals surface area (Å²) in [6.45, 7) is 9.22. The lowest BCUT2D eigenvalue weighted by Crippen LogP contribution is -1.97. The third-order valence-corrected chi connectivity index (χ3v) is 4.58. The van der Waals surface area contributed by atoms with E-state index in [1.54, 1.807) is 0 Å². The highest BCUT2D eigenvalue weighted by Gasteiger charge is 2.03. The second-order valence-corrected chi connectivity index (χ2v) is 7.24. The molecule has 0 bridgehead atoms. The van der Waals surface area contributed by atoms with E-state index in [0.29, 0.717) is 6.54 Å². The highest BCUT2D eigenvalue weighted by Crippen LogP contribution is 2.19. The van der Waals surface area contributed by atoms with Crippen LogP contribution < -0.4 is 5.32 Å². The van der Waals surface area contributed by atoms with Crippen molar-refractivity contribution in [2.45, 2.75) is 40.7 Å². The van der Waals surface area contributed by atoms with Gasteiger partial charge in [0.2, 0.25) is 0 Å². The van der Waals surface area contributed by atoms with Crippen molar-refractivity contribution in [1.29, 1.82) is 0 Å². The Labute approximate surface area is 170 Å². The van der Waals surface area contributed by atoms with Gasteiger partial charge in [0.1, 0.15) is 0 Å². The van der Waals surface area contributed by atoms with Gasteiger partial charge in [-0.25, -0.2) is 0 Å². The van der Waals surface area contributed by atoms with Crippen LogP contribution in [0.2, 0.25) is 0 Å². The SMILES string of the molecule is CN/C=C\C=C/C/C(C)=C/c1cc(C)ccc1CN=C(C)c1cccc(C)c1. The quantitative estimate of drug-likeness (QED) is 0.421. The van der Waals surface area contributed by atoms with E-state index < -0.39 is 0 Å². The molecule has 2 aromatic rings. The Morgan fingerprint density at radius 2 is 1.79 bits per heavy atom. The van der Waals surface area contributed by atoms with Crippen molar-refractivity contribution < 1.29 is 0 Å². The van der Waals surface area contributed by atoms with E-state index in [2.05, 4.69) is 93.7 Å². The maximum atomic E-state index is 4.86. The Kier molecular flexibility index (Phi) is 8.48. The fourth-order valence-corrected chi connectivity index (χ4v) is 2.97. The number of nitrogens with zero attached hydrogens (tertiary/aromatic N) is 1. The summed E-state index contributed by atoms with van der Waals surface area (Å²) in [5.74, 6) is 0. The Morgan fingerprint density at radius 1 is 1.00 bits per heavy atom. The summed E-state index contributed by atoms with van der Waals surface area (Å²) >= 11 is 0. The second-order valence-electron chi connectivity index (χ2n) is 7.24. The number of nitrogens with one attached hydrogen (secondary N) is 1. The molecule has 0 aliphatic carbocycles. The molecule has 0 saturated heterocycles. The molecule has 0 unspecified atom stereocenters. The molecule has 0 aliphatic heterocycles. The van der Waals surface area contributed by atoms with Gasteiger partial charge >= 0.3 is 0 Å². The van der Waals surface area contributed by atoms with Gasteiger partial charge in [-0.15, -0.1) is 0 Å². The van der Waals surface area contributed by atoms with Gasteiger partial charge in [-0.05, 0) is 63.1 Å². The van der Waals surface area contributed by atoms with Crippen LogP contribution in [0.3, 0.4) is 0 Å². The molecule has 0 aromatic heterocycles. The maximum Gasteiger partial charge on any atom is 0.0648 e. The fraction of sp³-hybridized carbons (Fsp3) is 0.269. The van der Waals surface area contributed by atoms with E-state index in [1.807, 2.05) is 19.3 Å². The highest BCUT2D eigenvalue weighted by molar-refractivity contribution is 5.98. The van der Waals surface area contributed by atoms with E-state index >= 15 is 0 Å². The Morgan fingerprint density at radius 3 is 2.54 bits per heavy atom. The van der Waals surface area contributed by atoms with Crippen LogP contribution in [-0.2, 0) is 6.54 Å². The molecule has 0 radical (unpaired) electrons. The molecule has 0 spiro atoms. The third-order valence-electron chi connectivity index (χ3n) is 4.58. The molecule has 28 heavy (non-hydrogen) atoms. The summed E-state index contributed by atoms with van der Waals surface area (Å²) in [5.41, 5.74) is 8.66. The summed E-state index contributed by atoms with van der Waals surface area (Å²) in [6.07, 6.45) is 11.4. The Bertz CT molecular complexity index is 898. The van der Waals surface area contributed by atoms with Crippen LogP contribution in [0.5, 0.6) is 0 Å². The molecular weight excluding hydrogens is 340 g/mol. The van der Waals surface area contributed by atoms with E-state index in [0.717, 1.165) is 12.1 Å². The minimum atomic E-state index is 0.694. The van der Waals surface area contributed by atoms with Crippen molar-refractivity contribution in [2.24, 2.45) is 4.99 Å². The molecule has 0 aliphatic rings. The molecule has 2 nitrogen and oxygen atoms in total. The van der Waals surface area contributed by atoms with E-state index in [-0.39, 0.29) is 0 Å². The van der Waals surface area contributed by atoms with E-state index in [4.69, 9.17) is 4.99 Å². The van der Waals surface area contributed by atoms with Crippen molar-refractivity contribution in [3.63, 3.8) is 0 Å². The zero-order valence-electron chi connectivity index (χ0n) is 17.8. The highest BCUT2D eigenvalue weighted by atomic mass is 14.8. The third kappa shape index (κ3) is 7.03. The number of benzene rings is 2. The minimum absolute atomic E-state index is 0.694. The predicted octanol–water partition coefficient (Wildman–Crippen LogP) is 6.40. The molecule has 2 heteroatoms. The van der Waals surface area contributed by atoms with Crippen LogP contribution in [-0.4, -0.2) is 12.8 Å². The number of rotatable bonds is 8. The average molecular weight is 373 g/mol. The van der Waals surface area contributed by atoms with Gasteiger partial charge in [-0.3, -0.25) is 4.99 Å². The molecule has 0 saturated carbocycles. The fourth-order valence-electron chi connectivity index (χ4n) is 2.97. The standard InChI is InChI=1S/C26H32N2/c1-20(10-7-6-8-15-27-5)17-26-18-22(3)13-14-25(26)19-28-23(4)24-12-9-11-21(2)16-24/h6-9,11-18,27H,10,19H2,1-5H3/b7-6-,15-8-,20-17+,28-23?. The monoisotopic (exact) mass is 372 g/mol. The summed E-state index contributed by atoms with van der Waals surface area (Å²) in [7, 11) is 1.90. The maximum absolute atomic E-state index is 4.86. The van der Waals surface area contributed by atoms with Crippen LogP contribution in [0.1, 0.15) is 48.1 Å². The van der Waals surface area contributed by atoms with E-state index in [9.17, 15) is 0 Å². The molecule has 1 N–H and O–H groups in total.